The van der Waals surface area contributed by atoms with Crippen molar-refractivity contribution >= 4 is 10.0 Å². The minimum atomic E-state index is -3.15. The molecular weight excluding hydrogens is 344 g/mol. The molecule has 1 fully saturated rings. The van der Waals surface area contributed by atoms with Crippen LogP contribution in [0.3, 0.4) is 0 Å². The molecule has 1 aromatic carbocycles. The summed E-state index contributed by atoms with van der Waals surface area (Å²) in [7, 11) is -1.54. The normalized spacial score (nSPS) is 16.9. The maximum atomic E-state index is 11.3. The van der Waals surface area contributed by atoms with Crippen LogP contribution in [0.25, 0.3) is 11.4 Å². The maximum absolute atomic E-state index is 11.3. The highest BCUT2D eigenvalue weighted by atomic mass is 32.2. The molecule has 0 spiro atoms. The molecule has 8 nitrogen and oxygen atoms in total. The van der Waals surface area contributed by atoms with Gasteiger partial charge in [-0.05, 0) is 25.0 Å². The van der Waals surface area contributed by atoms with E-state index in [1.165, 1.54) is 6.26 Å². The molecular formula is C16H22N4O4S. The van der Waals surface area contributed by atoms with E-state index >= 15 is 0 Å². The fourth-order valence-electron chi connectivity index (χ4n) is 2.90. The molecule has 2 aromatic rings. The SMILES string of the molecule is COc1cccc(-c2noc(CN3CCC(NS(C)(=O)=O)CC3)n2)c1. The summed E-state index contributed by atoms with van der Waals surface area (Å²) in [5.74, 6) is 1.82. The van der Waals surface area contributed by atoms with Crippen LogP contribution in [-0.2, 0) is 16.6 Å². The summed E-state index contributed by atoms with van der Waals surface area (Å²) >= 11 is 0. The number of likely N-dealkylation sites (tertiary alicyclic amines) is 1. The third-order valence-electron chi connectivity index (χ3n) is 4.12. The molecule has 0 unspecified atom stereocenters. The lowest BCUT2D eigenvalue weighted by Crippen LogP contribution is -2.43. The van der Waals surface area contributed by atoms with E-state index in [1.54, 1.807) is 7.11 Å². The van der Waals surface area contributed by atoms with Gasteiger partial charge in [0, 0.05) is 24.7 Å². The second-order valence-electron chi connectivity index (χ2n) is 6.18. The Kier molecular flexibility index (Phi) is 5.36. The summed E-state index contributed by atoms with van der Waals surface area (Å²) < 4.78 is 35.8. The van der Waals surface area contributed by atoms with Crippen LogP contribution in [-0.4, -0.2) is 56.0 Å². The first-order chi connectivity index (χ1) is 11.9. The molecule has 9 heteroatoms. The summed E-state index contributed by atoms with van der Waals surface area (Å²) in [4.78, 5) is 6.63. The highest BCUT2D eigenvalue weighted by Gasteiger charge is 2.23. The van der Waals surface area contributed by atoms with Gasteiger partial charge in [0.25, 0.3) is 0 Å². The number of ether oxygens (including phenoxy) is 1. The summed E-state index contributed by atoms with van der Waals surface area (Å²) in [5.41, 5.74) is 0.838. The van der Waals surface area contributed by atoms with Crippen molar-refractivity contribution < 1.29 is 17.7 Å². The largest absolute Gasteiger partial charge is 0.497 e. The van der Waals surface area contributed by atoms with Crippen molar-refractivity contribution in [2.75, 3.05) is 26.5 Å². The molecule has 1 N–H and O–H groups in total. The molecule has 1 saturated heterocycles. The third kappa shape index (κ3) is 5.00. The van der Waals surface area contributed by atoms with E-state index in [1.807, 2.05) is 24.3 Å². The number of hydrogen-bond donors (Lipinski definition) is 1. The molecule has 25 heavy (non-hydrogen) atoms. The van der Waals surface area contributed by atoms with Gasteiger partial charge < -0.3 is 9.26 Å². The zero-order valence-corrected chi connectivity index (χ0v) is 15.1. The van der Waals surface area contributed by atoms with Gasteiger partial charge in [-0.25, -0.2) is 13.1 Å². The van der Waals surface area contributed by atoms with Gasteiger partial charge >= 0.3 is 0 Å². The standard InChI is InChI=1S/C16H22N4O4S/c1-23-14-5-3-4-12(10-14)16-17-15(24-18-16)11-20-8-6-13(7-9-20)19-25(2,21)22/h3-5,10,13,19H,6-9,11H2,1-2H3. The number of aromatic nitrogens is 2. The predicted molar refractivity (Wildman–Crippen MR) is 92.6 cm³/mol. The van der Waals surface area contributed by atoms with E-state index in [-0.39, 0.29) is 6.04 Å². The van der Waals surface area contributed by atoms with Gasteiger partial charge in [0.1, 0.15) is 5.75 Å². The fraction of sp³-hybridized carbons (Fsp3) is 0.500. The molecule has 0 amide bonds. The second kappa shape index (κ2) is 7.51. The van der Waals surface area contributed by atoms with E-state index in [4.69, 9.17) is 9.26 Å². The summed E-state index contributed by atoms with van der Waals surface area (Å²) in [6.45, 7) is 2.12. The maximum Gasteiger partial charge on any atom is 0.241 e. The van der Waals surface area contributed by atoms with Crippen LogP contribution < -0.4 is 9.46 Å². The van der Waals surface area contributed by atoms with Crippen molar-refractivity contribution in [1.29, 1.82) is 0 Å². The lowest BCUT2D eigenvalue weighted by Gasteiger charge is -2.30. The fourth-order valence-corrected chi connectivity index (χ4v) is 3.74. The Morgan fingerprint density at radius 2 is 2.12 bits per heavy atom. The number of rotatable bonds is 6. The second-order valence-corrected chi connectivity index (χ2v) is 7.96. The van der Waals surface area contributed by atoms with Crippen molar-refractivity contribution in [3.8, 4) is 17.1 Å². The molecule has 1 aromatic heterocycles. The quantitative estimate of drug-likeness (QED) is 0.822. The van der Waals surface area contributed by atoms with Crippen LogP contribution in [0.4, 0.5) is 0 Å². The van der Waals surface area contributed by atoms with Crippen LogP contribution >= 0.6 is 0 Å². The number of piperidine rings is 1. The van der Waals surface area contributed by atoms with Gasteiger partial charge in [-0.2, -0.15) is 4.98 Å². The molecule has 0 bridgehead atoms. The van der Waals surface area contributed by atoms with Crippen LogP contribution in [0, 0.1) is 0 Å². The van der Waals surface area contributed by atoms with E-state index < -0.39 is 10.0 Å². The third-order valence-corrected chi connectivity index (χ3v) is 4.88. The topological polar surface area (TPSA) is 97.6 Å². The van der Waals surface area contributed by atoms with Crippen molar-refractivity contribution in [1.82, 2.24) is 19.8 Å². The van der Waals surface area contributed by atoms with E-state index in [2.05, 4.69) is 19.8 Å². The average Bonchev–Trinajstić information content (AvgIpc) is 3.04. The van der Waals surface area contributed by atoms with Crippen LogP contribution in [0.2, 0.25) is 0 Å². The molecule has 136 valence electrons. The van der Waals surface area contributed by atoms with Crippen molar-refractivity contribution in [2.24, 2.45) is 0 Å². The molecule has 0 atom stereocenters. The first kappa shape index (κ1) is 17.8. The van der Waals surface area contributed by atoms with Crippen molar-refractivity contribution in [2.45, 2.75) is 25.4 Å². The summed E-state index contributed by atoms with van der Waals surface area (Å²) in [6, 6.07) is 7.50. The van der Waals surface area contributed by atoms with Crippen molar-refractivity contribution in [3.05, 3.63) is 30.2 Å². The Bertz CT molecular complexity index is 813. The Balaban J connectivity index is 1.57. The molecule has 1 aliphatic rings. The average molecular weight is 366 g/mol. The van der Waals surface area contributed by atoms with Crippen LogP contribution in [0.15, 0.2) is 28.8 Å². The first-order valence-electron chi connectivity index (χ1n) is 8.09. The van der Waals surface area contributed by atoms with Gasteiger partial charge in [0.05, 0.1) is 19.9 Å². The van der Waals surface area contributed by atoms with Gasteiger partial charge in [-0.15, -0.1) is 0 Å². The number of methoxy groups -OCH3 is 1. The molecule has 0 aliphatic carbocycles. The lowest BCUT2D eigenvalue weighted by atomic mass is 10.1. The Labute approximate surface area is 147 Å². The number of sulfonamides is 1. The summed E-state index contributed by atoms with van der Waals surface area (Å²) in [6.07, 6.45) is 2.73. The predicted octanol–water partition coefficient (Wildman–Crippen LogP) is 1.26. The number of benzene rings is 1. The van der Waals surface area contributed by atoms with Crippen LogP contribution in [0.5, 0.6) is 5.75 Å². The zero-order valence-electron chi connectivity index (χ0n) is 14.3. The van der Waals surface area contributed by atoms with Gasteiger partial charge in [-0.3, -0.25) is 4.90 Å². The molecule has 3 rings (SSSR count). The van der Waals surface area contributed by atoms with E-state index in [9.17, 15) is 8.42 Å². The van der Waals surface area contributed by atoms with Gasteiger partial charge in [0.2, 0.25) is 21.7 Å². The zero-order chi connectivity index (χ0) is 17.9. The number of hydrogen-bond acceptors (Lipinski definition) is 7. The Morgan fingerprint density at radius 1 is 1.36 bits per heavy atom. The highest BCUT2D eigenvalue weighted by molar-refractivity contribution is 7.88. The monoisotopic (exact) mass is 366 g/mol. The minimum absolute atomic E-state index is 0.00118. The first-order valence-corrected chi connectivity index (χ1v) is 9.99. The smallest absolute Gasteiger partial charge is 0.241 e. The molecule has 1 aliphatic heterocycles. The van der Waals surface area contributed by atoms with E-state index in [0.717, 1.165) is 37.2 Å². The van der Waals surface area contributed by atoms with Crippen LogP contribution in [0.1, 0.15) is 18.7 Å². The molecule has 0 saturated carbocycles. The lowest BCUT2D eigenvalue weighted by molar-refractivity contribution is 0.177. The summed E-state index contributed by atoms with van der Waals surface area (Å²) in [5, 5.41) is 4.03. The molecule has 2 heterocycles. The number of nitrogens with zero attached hydrogens (tertiary/aromatic N) is 3. The highest BCUT2D eigenvalue weighted by Crippen LogP contribution is 2.22. The van der Waals surface area contributed by atoms with Crippen molar-refractivity contribution in [3.63, 3.8) is 0 Å². The molecule has 0 radical (unpaired) electrons. The van der Waals surface area contributed by atoms with Gasteiger partial charge in [-0.1, -0.05) is 17.3 Å². The minimum Gasteiger partial charge on any atom is -0.497 e. The Morgan fingerprint density at radius 3 is 2.80 bits per heavy atom. The number of nitrogens with one attached hydrogen (secondary N) is 1. The Hall–Kier alpha value is -1.97. The van der Waals surface area contributed by atoms with Gasteiger partial charge in [0.15, 0.2) is 0 Å². The van der Waals surface area contributed by atoms with E-state index in [0.29, 0.717) is 18.3 Å².